The van der Waals surface area contributed by atoms with Gasteiger partial charge in [0.2, 0.25) is 0 Å². The molecule has 0 saturated carbocycles. The zero-order chi connectivity index (χ0) is 16.8. The predicted octanol–water partition coefficient (Wildman–Crippen LogP) is 2.70. The molecule has 0 radical (unpaired) electrons. The molecule has 0 heterocycles. The average molecular weight is 338 g/mol. The van der Waals surface area contributed by atoms with E-state index in [0.717, 1.165) is 0 Å². The first-order valence-electron chi connectivity index (χ1n) is 6.59. The summed E-state index contributed by atoms with van der Waals surface area (Å²) in [7, 11) is 0. The van der Waals surface area contributed by atoms with Gasteiger partial charge in [-0.15, -0.1) is 0 Å². The normalized spacial score (nSPS) is 10.2. The van der Waals surface area contributed by atoms with Crippen molar-refractivity contribution in [3.8, 4) is 5.75 Å². The summed E-state index contributed by atoms with van der Waals surface area (Å²) in [4.78, 5) is 22.9. The molecule has 5 nitrogen and oxygen atoms in total. The van der Waals surface area contributed by atoms with Gasteiger partial charge in [-0.2, -0.15) is 0 Å². The second-order valence-corrected chi connectivity index (χ2v) is 4.92. The Bertz CT molecular complexity index is 716. The predicted molar refractivity (Wildman–Crippen MR) is 81.7 cm³/mol. The fourth-order valence-corrected chi connectivity index (χ4v) is 2.01. The molecule has 0 saturated heterocycles. The van der Waals surface area contributed by atoms with E-state index in [1.807, 2.05) is 0 Å². The van der Waals surface area contributed by atoms with Crippen LogP contribution in [0, 0.1) is 5.82 Å². The van der Waals surface area contributed by atoms with E-state index >= 15 is 0 Å². The highest BCUT2D eigenvalue weighted by Crippen LogP contribution is 2.20. The van der Waals surface area contributed by atoms with Gasteiger partial charge in [-0.25, -0.2) is 9.18 Å². The van der Waals surface area contributed by atoms with Crippen LogP contribution in [0.15, 0.2) is 42.5 Å². The summed E-state index contributed by atoms with van der Waals surface area (Å²) >= 11 is 5.83. The maximum absolute atomic E-state index is 13.5. The van der Waals surface area contributed by atoms with Gasteiger partial charge in [-0.1, -0.05) is 29.8 Å². The molecule has 1 amide bonds. The molecule has 120 valence electrons. The second kappa shape index (κ2) is 7.60. The van der Waals surface area contributed by atoms with Crippen LogP contribution in [-0.4, -0.2) is 18.5 Å². The third-order valence-electron chi connectivity index (χ3n) is 2.94. The lowest BCUT2D eigenvalue weighted by Gasteiger charge is -2.10. The molecule has 7 heteroatoms. The summed E-state index contributed by atoms with van der Waals surface area (Å²) in [6.45, 7) is -0.762. The van der Waals surface area contributed by atoms with E-state index in [0.29, 0.717) is 0 Å². The minimum atomic E-state index is -0.733. The molecule has 0 aromatic heterocycles. The molecule has 0 fully saturated rings. The number of carbonyl (C=O) groups is 2. The van der Waals surface area contributed by atoms with Crippen molar-refractivity contribution < 1.29 is 23.5 Å². The van der Waals surface area contributed by atoms with E-state index in [4.69, 9.17) is 26.8 Å². The first kappa shape index (κ1) is 16.8. The van der Waals surface area contributed by atoms with Crippen molar-refractivity contribution in [3.05, 3.63) is 64.4 Å². The Morgan fingerprint density at radius 1 is 1.13 bits per heavy atom. The molecular formula is C16H13ClFNO4. The van der Waals surface area contributed by atoms with Crippen molar-refractivity contribution in [1.82, 2.24) is 0 Å². The second-order valence-electron chi connectivity index (χ2n) is 4.51. The van der Waals surface area contributed by atoms with E-state index < -0.39 is 24.3 Å². The van der Waals surface area contributed by atoms with Crippen molar-refractivity contribution in [2.24, 2.45) is 5.73 Å². The standard InChI is InChI=1S/C16H13ClFNO4/c17-12-5-3-6-13(18)11(12)8-23-15(20)9-22-14-7-2-1-4-10(14)16(19)21/h1-7H,8-9H2,(H2,19,21). The molecule has 0 aliphatic rings. The number of benzene rings is 2. The maximum Gasteiger partial charge on any atom is 0.344 e. The Balaban J connectivity index is 1.93. The number of para-hydroxylation sites is 1. The molecular weight excluding hydrogens is 325 g/mol. The minimum absolute atomic E-state index is 0.0834. The van der Waals surface area contributed by atoms with Crippen LogP contribution in [0.4, 0.5) is 4.39 Å². The third kappa shape index (κ3) is 4.43. The van der Waals surface area contributed by atoms with Gasteiger partial charge in [0.15, 0.2) is 6.61 Å². The van der Waals surface area contributed by atoms with Crippen LogP contribution in [0.3, 0.4) is 0 Å². The first-order chi connectivity index (χ1) is 11.0. The zero-order valence-electron chi connectivity index (χ0n) is 11.9. The van der Waals surface area contributed by atoms with Gasteiger partial charge in [-0.3, -0.25) is 4.79 Å². The molecule has 0 aliphatic carbocycles. The molecule has 0 unspecified atom stereocenters. The number of rotatable bonds is 6. The Morgan fingerprint density at radius 2 is 1.87 bits per heavy atom. The molecule has 0 aliphatic heterocycles. The number of nitrogens with two attached hydrogens (primary N) is 1. The molecule has 0 spiro atoms. The van der Waals surface area contributed by atoms with E-state index in [2.05, 4.69) is 0 Å². The average Bonchev–Trinajstić information content (AvgIpc) is 2.52. The molecule has 2 aromatic carbocycles. The van der Waals surface area contributed by atoms with Gasteiger partial charge in [0.05, 0.1) is 10.6 Å². The quantitative estimate of drug-likeness (QED) is 0.822. The minimum Gasteiger partial charge on any atom is -0.481 e. The zero-order valence-corrected chi connectivity index (χ0v) is 12.7. The van der Waals surface area contributed by atoms with Crippen LogP contribution in [-0.2, 0) is 16.1 Å². The largest absolute Gasteiger partial charge is 0.481 e. The van der Waals surface area contributed by atoms with Gasteiger partial charge in [0.1, 0.15) is 18.2 Å². The number of halogens is 2. The lowest BCUT2D eigenvalue weighted by Crippen LogP contribution is -2.18. The molecule has 0 atom stereocenters. The Hall–Kier alpha value is -2.60. The van der Waals surface area contributed by atoms with Crippen molar-refractivity contribution >= 4 is 23.5 Å². The highest BCUT2D eigenvalue weighted by molar-refractivity contribution is 6.31. The van der Waals surface area contributed by atoms with Gasteiger partial charge < -0.3 is 15.2 Å². The fraction of sp³-hybridized carbons (Fsp3) is 0.125. The van der Waals surface area contributed by atoms with Crippen molar-refractivity contribution in [2.45, 2.75) is 6.61 Å². The van der Waals surface area contributed by atoms with Crippen LogP contribution in [0.25, 0.3) is 0 Å². The molecule has 23 heavy (non-hydrogen) atoms. The Labute approximate surface area is 136 Å². The van der Waals surface area contributed by atoms with E-state index in [-0.39, 0.29) is 28.5 Å². The summed E-state index contributed by atoms with van der Waals surface area (Å²) in [6, 6.07) is 10.4. The van der Waals surface area contributed by atoms with Gasteiger partial charge in [0.25, 0.3) is 5.91 Å². The van der Waals surface area contributed by atoms with E-state index in [9.17, 15) is 14.0 Å². The van der Waals surface area contributed by atoms with Crippen molar-refractivity contribution in [3.63, 3.8) is 0 Å². The van der Waals surface area contributed by atoms with Gasteiger partial charge >= 0.3 is 5.97 Å². The van der Waals surface area contributed by atoms with Crippen LogP contribution in [0.1, 0.15) is 15.9 Å². The molecule has 2 aromatic rings. The summed E-state index contributed by atoms with van der Waals surface area (Å²) in [5.74, 6) is -1.80. The number of hydrogen-bond donors (Lipinski definition) is 1. The van der Waals surface area contributed by atoms with Crippen LogP contribution in [0.5, 0.6) is 5.75 Å². The summed E-state index contributed by atoms with van der Waals surface area (Å²) in [5, 5.41) is 0.165. The monoisotopic (exact) mass is 337 g/mol. The van der Waals surface area contributed by atoms with E-state index in [1.165, 1.54) is 30.3 Å². The number of hydrogen-bond acceptors (Lipinski definition) is 4. The summed E-state index contributed by atoms with van der Waals surface area (Å²) < 4.78 is 23.6. The summed E-state index contributed by atoms with van der Waals surface area (Å²) in [5.41, 5.74) is 5.43. The fourth-order valence-electron chi connectivity index (χ4n) is 1.80. The van der Waals surface area contributed by atoms with Crippen molar-refractivity contribution in [2.75, 3.05) is 6.61 Å². The highest BCUT2D eigenvalue weighted by atomic mass is 35.5. The SMILES string of the molecule is NC(=O)c1ccccc1OCC(=O)OCc1c(F)cccc1Cl. The topological polar surface area (TPSA) is 78.6 Å². The number of carbonyl (C=O) groups excluding carboxylic acids is 2. The smallest absolute Gasteiger partial charge is 0.344 e. The summed E-state index contributed by atoms with van der Waals surface area (Å²) in [6.07, 6.45) is 0. The van der Waals surface area contributed by atoms with Crippen LogP contribution >= 0.6 is 11.6 Å². The van der Waals surface area contributed by atoms with Crippen LogP contribution in [0.2, 0.25) is 5.02 Å². The number of ether oxygens (including phenoxy) is 2. The van der Waals surface area contributed by atoms with Crippen LogP contribution < -0.4 is 10.5 Å². The maximum atomic E-state index is 13.5. The first-order valence-corrected chi connectivity index (χ1v) is 6.97. The number of primary amides is 1. The van der Waals surface area contributed by atoms with Crippen molar-refractivity contribution in [1.29, 1.82) is 0 Å². The molecule has 0 bridgehead atoms. The Morgan fingerprint density at radius 3 is 2.57 bits per heavy atom. The third-order valence-corrected chi connectivity index (χ3v) is 3.29. The molecule has 2 N–H and O–H groups in total. The molecule has 2 rings (SSSR count). The lowest BCUT2D eigenvalue weighted by atomic mass is 10.2. The number of esters is 1. The highest BCUT2D eigenvalue weighted by Gasteiger charge is 2.13. The van der Waals surface area contributed by atoms with Gasteiger partial charge in [0, 0.05) is 5.56 Å². The van der Waals surface area contributed by atoms with Gasteiger partial charge in [-0.05, 0) is 24.3 Å². The van der Waals surface area contributed by atoms with E-state index in [1.54, 1.807) is 12.1 Å². The number of amides is 1. The lowest BCUT2D eigenvalue weighted by molar-refractivity contribution is -0.147. The Kier molecular flexibility index (Phi) is 5.54.